The molecule has 1 amide bonds. The minimum absolute atomic E-state index is 0.0253. The average Bonchev–Trinajstić information content (AvgIpc) is 3.70. The van der Waals surface area contributed by atoms with Crippen LogP contribution in [0.3, 0.4) is 0 Å². The summed E-state index contributed by atoms with van der Waals surface area (Å²) < 4.78 is 32.8. The fourth-order valence-electron chi connectivity index (χ4n) is 15.0. The largest absolute Gasteiger partial charge is 0.446 e. The second-order valence-electron chi connectivity index (χ2n) is 20.6. The van der Waals surface area contributed by atoms with Crippen molar-refractivity contribution in [2.24, 2.45) is 50.7 Å². The van der Waals surface area contributed by atoms with Gasteiger partial charge < -0.3 is 29.3 Å². The van der Waals surface area contributed by atoms with Crippen LogP contribution in [0.15, 0.2) is 0 Å². The molecule has 0 radical (unpaired) electrons. The third-order valence-electron chi connectivity index (χ3n) is 17.7. The van der Waals surface area contributed by atoms with Gasteiger partial charge in [-0.3, -0.25) is 9.80 Å². The molecule has 0 aromatic heterocycles. The monoisotopic (exact) mass is 732 g/mol. The van der Waals surface area contributed by atoms with E-state index in [-0.39, 0.29) is 57.4 Å². The van der Waals surface area contributed by atoms with Gasteiger partial charge in [-0.15, -0.1) is 0 Å². The topological polar surface area (TPSA) is 94.9 Å². The number of piperazine rings is 1. The van der Waals surface area contributed by atoms with Gasteiger partial charge in [-0.1, -0.05) is 34.6 Å². The second kappa shape index (κ2) is 12.7. The highest BCUT2D eigenvalue weighted by atomic mass is 19.1. The maximum atomic E-state index is 13.6. The van der Waals surface area contributed by atoms with Crippen LogP contribution < -0.4 is 0 Å². The third-order valence-corrected chi connectivity index (χ3v) is 17.7. The third kappa shape index (κ3) is 5.36. The molecule has 10 heteroatoms. The number of nitrogens with zero attached hydrogens (tertiary/aromatic N) is 3. The molecule has 0 aromatic rings. The molecule has 5 saturated carbocycles. The molecule has 2 N–H and O–H groups in total. The Hall–Kier alpha value is -1.04. The second-order valence-corrected chi connectivity index (χ2v) is 20.6. The first kappa shape index (κ1) is 37.9. The summed E-state index contributed by atoms with van der Waals surface area (Å²) in [6.45, 7) is 24.1. The van der Waals surface area contributed by atoms with Crippen molar-refractivity contribution in [3.63, 3.8) is 0 Å². The van der Waals surface area contributed by atoms with Crippen molar-refractivity contribution in [2.75, 3.05) is 59.0 Å². The number of carbonyl (C=O) groups excluding carboxylic acids is 1. The number of aliphatic hydroxyl groups excluding tert-OH is 1. The standard InChI is InChI=1S/C42H70FN3O6/c1-9-50-35(38(5,6)49)28-22-26(2)32-33(51-28)34(47)40(8)30-11-10-29-37(3,4)31(12-13-41(29)25-42(30,41)15-14-39(32,40)7)52-36(48)46-20-18-44(19-21-46)16-17-45-23-27(43)24-45/h26-35,47,49H,9-25H2,1-8H3/t26-,28?,29+,30?,31+,32+,33?,34+,35+,39-,40-,41-,42?/m1/s1. The minimum atomic E-state index is -1.04. The molecular formula is C42H70FN3O6. The van der Waals surface area contributed by atoms with Crippen molar-refractivity contribution in [2.45, 2.75) is 149 Å². The van der Waals surface area contributed by atoms with Crippen LogP contribution in [-0.2, 0) is 14.2 Å². The summed E-state index contributed by atoms with van der Waals surface area (Å²) >= 11 is 0. The van der Waals surface area contributed by atoms with Crippen molar-refractivity contribution in [1.82, 2.24) is 14.7 Å². The highest BCUT2D eigenvalue weighted by Crippen LogP contribution is 2.89. The molecule has 3 aliphatic heterocycles. The molecule has 52 heavy (non-hydrogen) atoms. The van der Waals surface area contributed by atoms with E-state index in [2.05, 4.69) is 44.4 Å². The molecule has 0 aromatic carbocycles. The van der Waals surface area contributed by atoms with Gasteiger partial charge in [-0.2, -0.15) is 0 Å². The highest BCUT2D eigenvalue weighted by molar-refractivity contribution is 5.68. The van der Waals surface area contributed by atoms with Gasteiger partial charge in [-0.25, -0.2) is 9.18 Å². The number of alkyl halides is 1. The Morgan fingerprint density at radius 3 is 2.27 bits per heavy atom. The number of hydrogen-bond acceptors (Lipinski definition) is 8. The fourth-order valence-corrected chi connectivity index (χ4v) is 15.0. The molecule has 2 spiro atoms. The van der Waals surface area contributed by atoms with Gasteiger partial charge in [0.05, 0.1) is 23.9 Å². The number of fused-ring (bicyclic) bond motifs is 4. The van der Waals surface area contributed by atoms with Gasteiger partial charge in [-0.05, 0) is 112 Å². The van der Waals surface area contributed by atoms with Crippen molar-refractivity contribution in [3.05, 3.63) is 0 Å². The summed E-state index contributed by atoms with van der Waals surface area (Å²) in [5, 5.41) is 23.7. The van der Waals surface area contributed by atoms with Crippen LogP contribution in [0.5, 0.6) is 0 Å². The van der Waals surface area contributed by atoms with Gasteiger partial charge in [0, 0.05) is 69.8 Å². The zero-order valence-electron chi connectivity index (χ0n) is 33.5. The summed E-state index contributed by atoms with van der Waals surface area (Å²) in [7, 11) is 0. The number of hydrogen-bond donors (Lipinski definition) is 2. The Bertz CT molecular complexity index is 1360. The number of ether oxygens (including phenoxy) is 3. The molecule has 8 aliphatic rings. The molecule has 8 fully saturated rings. The van der Waals surface area contributed by atoms with E-state index in [4.69, 9.17) is 14.2 Å². The molecule has 5 aliphatic carbocycles. The summed E-state index contributed by atoms with van der Waals surface area (Å²) in [6.07, 6.45) is 6.23. The van der Waals surface area contributed by atoms with E-state index in [0.717, 1.165) is 64.7 Å². The Balaban J connectivity index is 0.945. The van der Waals surface area contributed by atoms with E-state index in [1.165, 1.54) is 12.8 Å². The Kier molecular flexibility index (Phi) is 9.28. The quantitative estimate of drug-likeness (QED) is 0.326. The van der Waals surface area contributed by atoms with Gasteiger partial charge >= 0.3 is 6.09 Å². The van der Waals surface area contributed by atoms with Crippen molar-refractivity contribution in [1.29, 1.82) is 0 Å². The highest BCUT2D eigenvalue weighted by Gasteiger charge is 2.85. The van der Waals surface area contributed by atoms with Crippen LogP contribution in [0.2, 0.25) is 0 Å². The van der Waals surface area contributed by atoms with E-state index in [0.29, 0.717) is 50.5 Å². The lowest BCUT2D eigenvalue weighted by molar-refractivity contribution is -0.215. The molecule has 3 saturated heterocycles. The Morgan fingerprint density at radius 1 is 0.962 bits per heavy atom. The van der Waals surface area contributed by atoms with E-state index in [9.17, 15) is 19.4 Å². The van der Waals surface area contributed by atoms with Gasteiger partial charge in [0.1, 0.15) is 18.4 Å². The van der Waals surface area contributed by atoms with E-state index in [1.807, 2.05) is 25.7 Å². The van der Waals surface area contributed by atoms with Crippen molar-refractivity contribution >= 4 is 6.09 Å². The Morgan fingerprint density at radius 2 is 1.62 bits per heavy atom. The fraction of sp³-hybridized carbons (Fsp3) is 0.976. The molecule has 4 unspecified atom stereocenters. The summed E-state index contributed by atoms with van der Waals surface area (Å²) in [5.74, 6) is 1.57. The molecular weight excluding hydrogens is 661 g/mol. The first-order valence-electron chi connectivity index (χ1n) is 21.1. The summed E-state index contributed by atoms with van der Waals surface area (Å²) in [5.41, 5.74) is -0.953. The molecule has 13 atom stereocenters. The number of likely N-dealkylation sites (tertiary alicyclic amines) is 1. The number of aliphatic hydroxyl groups is 2. The number of carbonyl (C=O) groups is 1. The molecule has 9 nitrogen and oxygen atoms in total. The number of amides is 1. The van der Waals surface area contributed by atoms with Gasteiger partial charge in [0.15, 0.2) is 0 Å². The minimum Gasteiger partial charge on any atom is -0.446 e. The SMILES string of the molecule is CCO[C@@H](C1C[C@@H](C)[C@H]2C(O1)[C@H](O)[C@@]1(C)C3CC[C@H]4C(C)(C)[C@@H](OC(=O)N5CCN(CCN6CC(F)C6)CC5)CC[C@@]45CC35CC[C@]21C)C(C)(C)O. The molecule has 0 bridgehead atoms. The smallest absolute Gasteiger partial charge is 0.410 e. The van der Waals surface area contributed by atoms with Crippen LogP contribution in [0.1, 0.15) is 107 Å². The average molecular weight is 732 g/mol. The first-order chi connectivity index (χ1) is 24.4. The predicted molar refractivity (Wildman–Crippen MR) is 197 cm³/mol. The molecule has 3 heterocycles. The first-order valence-corrected chi connectivity index (χ1v) is 21.1. The lowest BCUT2D eigenvalue weighted by Gasteiger charge is -2.63. The number of rotatable bonds is 8. The lowest BCUT2D eigenvalue weighted by atomic mass is 9.41. The van der Waals surface area contributed by atoms with Crippen LogP contribution in [0.4, 0.5) is 9.18 Å². The maximum absolute atomic E-state index is 13.6. The summed E-state index contributed by atoms with van der Waals surface area (Å²) in [6, 6.07) is 0. The zero-order valence-corrected chi connectivity index (χ0v) is 33.5. The number of halogens is 1. The summed E-state index contributed by atoms with van der Waals surface area (Å²) in [4.78, 5) is 20.1. The molecule has 8 rings (SSSR count). The predicted octanol–water partition coefficient (Wildman–Crippen LogP) is 5.75. The van der Waals surface area contributed by atoms with E-state index < -0.39 is 24.0 Å². The van der Waals surface area contributed by atoms with Crippen molar-refractivity contribution in [3.8, 4) is 0 Å². The molecule has 296 valence electrons. The van der Waals surface area contributed by atoms with Gasteiger partial charge in [0.25, 0.3) is 0 Å². The lowest BCUT2D eigenvalue weighted by Crippen LogP contribution is -2.60. The Labute approximate surface area is 312 Å². The zero-order chi connectivity index (χ0) is 37.2. The van der Waals surface area contributed by atoms with Gasteiger partial charge in [0.2, 0.25) is 0 Å². The van der Waals surface area contributed by atoms with E-state index >= 15 is 0 Å². The van der Waals surface area contributed by atoms with Crippen LogP contribution in [0, 0.1) is 50.7 Å². The van der Waals surface area contributed by atoms with Crippen LogP contribution in [0.25, 0.3) is 0 Å². The van der Waals surface area contributed by atoms with Crippen molar-refractivity contribution < 1.29 is 33.6 Å². The maximum Gasteiger partial charge on any atom is 0.410 e. The normalized spacial score (nSPS) is 48.0. The van der Waals surface area contributed by atoms with Crippen LogP contribution >= 0.6 is 0 Å². The van der Waals surface area contributed by atoms with E-state index in [1.54, 1.807) is 0 Å². The van der Waals surface area contributed by atoms with Crippen LogP contribution in [-0.4, -0.2) is 132 Å².